The number of carboxylic acid groups (broad SMARTS) is 1. The van der Waals surface area contributed by atoms with Gasteiger partial charge in [-0.3, -0.25) is 9.89 Å². The average Bonchev–Trinajstić information content (AvgIpc) is 2.78. The summed E-state index contributed by atoms with van der Waals surface area (Å²) in [4.78, 5) is 22.6. The van der Waals surface area contributed by atoms with Gasteiger partial charge in [0.1, 0.15) is 11.6 Å². The summed E-state index contributed by atoms with van der Waals surface area (Å²) in [5, 5.41) is 17.1. The number of rotatable bonds is 3. The number of aryl methyl sites for hydroxylation is 1. The standard InChI is InChI=1S/C12H9F2N3O3/c1-5-7(4-15-17-5)11(18)16-10-2-6(12(19)20)8(13)3-9(10)14/h2-4H,1H3,(H,15,17)(H,16,18)(H,19,20). The molecule has 0 aliphatic rings. The Labute approximate surface area is 111 Å². The van der Waals surface area contributed by atoms with Crippen molar-refractivity contribution < 1.29 is 23.5 Å². The van der Waals surface area contributed by atoms with Crippen LogP contribution in [0, 0.1) is 18.6 Å². The van der Waals surface area contributed by atoms with Gasteiger partial charge in [0.25, 0.3) is 5.91 Å². The number of carboxylic acids is 1. The molecule has 104 valence electrons. The molecule has 3 N–H and O–H groups in total. The molecule has 20 heavy (non-hydrogen) atoms. The van der Waals surface area contributed by atoms with Crippen molar-refractivity contribution >= 4 is 17.6 Å². The molecule has 0 saturated carbocycles. The van der Waals surface area contributed by atoms with Gasteiger partial charge in [0.2, 0.25) is 0 Å². The van der Waals surface area contributed by atoms with E-state index in [0.29, 0.717) is 11.8 Å². The summed E-state index contributed by atoms with van der Waals surface area (Å²) in [6, 6.07) is 1.13. The molecule has 1 aromatic carbocycles. The Morgan fingerprint density at radius 1 is 1.25 bits per heavy atom. The minimum absolute atomic E-state index is 0.172. The molecule has 0 aliphatic heterocycles. The lowest BCUT2D eigenvalue weighted by molar-refractivity contribution is 0.0691. The molecule has 0 aliphatic carbocycles. The van der Waals surface area contributed by atoms with Gasteiger partial charge in [0, 0.05) is 11.8 Å². The molecular weight excluding hydrogens is 272 g/mol. The zero-order chi connectivity index (χ0) is 14.9. The summed E-state index contributed by atoms with van der Waals surface area (Å²) in [5.41, 5.74) is -0.519. The van der Waals surface area contributed by atoms with Crippen molar-refractivity contribution in [2.75, 3.05) is 5.32 Å². The fraction of sp³-hybridized carbons (Fsp3) is 0.0833. The van der Waals surface area contributed by atoms with Crippen molar-refractivity contribution in [1.29, 1.82) is 0 Å². The Morgan fingerprint density at radius 2 is 1.95 bits per heavy atom. The number of carbonyl (C=O) groups excluding carboxylic acids is 1. The van der Waals surface area contributed by atoms with Gasteiger partial charge >= 0.3 is 5.97 Å². The number of nitrogens with one attached hydrogen (secondary N) is 2. The van der Waals surface area contributed by atoms with Crippen molar-refractivity contribution in [3.63, 3.8) is 0 Å². The summed E-state index contributed by atoms with van der Waals surface area (Å²) in [6.07, 6.45) is 1.24. The first-order chi connectivity index (χ1) is 9.40. The minimum Gasteiger partial charge on any atom is -0.478 e. The number of benzene rings is 1. The molecule has 0 saturated heterocycles. The van der Waals surface area contributed by atoms with Crippen molar-refractivity contribution in [2.24, 2.45) is 0 Å². The molecular formula is C12H9F2N3O3. The summed E-state index contributed by atoms with van der Waals surface area (Å²) < 4.78 is 26.7. The first-order valence-corrected chi connectivity index (χ1v) is 5.44. The van der Waals surface area contributed by atoms with Gasteiger partial charge < -0.3 is 10.4 Å². The van der Waals surface area contributed by atoms with Crippen LogP contribution in [0.4, 0.5) is 14.5 Å². The third kappa shape index (κ3) is 2.48. The van der Waals surface area contributed by atoms with Crippen molar-refractivity contribution in [1.82, 2.24) is 10.2 Å². The first-order valence-electron chi connectivity index (χ1n) is 5.44. The SMILES string of the molecule is Cc1[nH]ncc1C(=O)Nc1cc(C(=O)O)c(F)cc1F. The van der Waals surface area contributed by atoms with Crippen LogP contribution < -0.4 is 5.32 Å². The Balaban J connectivity index is 2.34. The van der Waals surface area contributed by atoms with E-state index in [1.807, 2.05) is 0 Å². The van der Waals surface area contributed by atoms with E-state index in [1.165, 1.54) is 6.20 Å². The Hall–Kier alpha value is -2.77. The Kier molecular flexibility index (Phi) is 3.47. The van der Waals surface area contributed by atoms with Gasteiger partial charge in [-0.15, -0.1) is 0 Å². The van der Waals surface area contributed by atoms with Crippen LogP contribution in [0.25, 0.3) is 0 Å². The van der Waals surface area contributed by atoms with Crippen LogP contribution in [0.15, 0.2) is 18.3 Å². The van der Waals surface area contributed by atoms with Gasteiger partial charge in [-0.2, -0.15) is 5.10 Å². The highest BCUT2D eigenvalue weighted by atomic mass is 19.1. The number of hydrogen-bond donors (Lipinski definition) is 3. The fourth-order valence-electron chi connectivity index (χ4n) is 1.58. The van der Waals surface area contributed by atoms with Crippen molar-refractivity contribution in [2.45, 2.75) is 6.92 Å². The third-order valence-corrected chi connectivity index (χ3v) is 2.61. The molecule has 1 aromatic heterocycles. The van der Waals surface area contributed by atoms with Crippen molar-refractivity contribution in [3.05, 3.63) is 46.8 Å². The Bertz CT molecular complexity index is 697. The summed E-state index contributed by atoms with van der Waals surface area (Å²) >= 11 is 0. The van der Waals surface area contributed by atoms with E-state index in [2.05, 4.69) is 15.5 Å². The molecule has 0 unspecified atom stereocenters. The number of hydrogen-bond acceptors (Lipinski definition) is 3. The summed E-state index contributed by atoms with van der Waals surface area (Å²) in [7, 11) is 0. The molecule has 0 spiro atoms. The fourth-order valence-corrected chi connectivity index (χ4v) is 1.58. The molecule has 0 fully saturated rings. The van der Waals surface area contributed by atoms with Gasteiger partial charge in [-0.25, -0.2) is 13.6 Å². The van der Waals surface area contributed by atoms with Gasteiger partial charge in [-0.1, -0.05) is 0 Å². The number of H-pyrrole nitrogens is 1. The number of carbonyl (C=O) groups is 2. The molecule has 8 heteroatoms. The van der Waals surface area contributed by atoms with Crippen LogP contribution in [-0.4, -0.2) is 27.2 Å². The maximum Gasteiger partial charge on any atom is 0.338 e. The number of aromatic nitrogens is 2. The molecule has 6 nitrogen and oxygen atoms in total. The number of nitrogens with zero attached hydrogens (tertiary/aromatic N) is 1. The molecule has 0 atom stereocenters. The van der Waals surface area contributed by atoms with Crippen LogP contribution in [0.1, 0.15) is 26.4 Å². The van der Waals surface area contributed by atoms with E-state index in [1.54, 1.807) is 6.92 Å². The lowest BCUT2D eigenvalue weighted by Crippen LogP contribution is -2.15. The number of aromatic carboxylic acids is 1. The maximum atomic E-state index is 13.5. The number of anilines is 1. The maximum absolute atomic E-state index is 13.5. The normalized spacial score (nSPS) is 10.3. The molecule has 0 radical (unpaired) electrons. The largest absolute Gasteiger partial charge is 0.478 e. The van der Waals surface area contributed by atoms with E-state index in [-0.39, 0.29) is 5.56 Å². The minimum atomic E-state index is -1.56. The highest BCUT2D eigenvalue weighted by molar-refractivity contribution is 6.05. The van der Waals surface area contributed by atoms with Crippen LogP contribution >= 0.6 is 0 Å². The smallest absolute Gasteiger partial charge is 0.338 e. The lowest BCUT2D eigenvalue weighted by Gasteiger charge is -2.07. The highest BCUT2D eigenvalue weighted by Crippen LogP contribution is 2.20. The predicted octanol–water partition coefficient (Wildman–Crippen LogP) is 1.95. The highest BCUT2D eigenvalue weighted by Gasteiger charge is 2.18. The average molecular weight is 281 g/mol. The summed E-state index contributed by atoms with van der Waals surface area (Å²) in [5.74, 6) is -4.52. The molecule has 1 heterocycles. The number of aromatic amines is 1. The second-order valence-electron chi connectivity index (χ2n) is 3.98. The van der Waals surface area contributed by atoms with E-state index < -0.39 is 34.8 Å². The van der Waals surface area contributed by atoms with E-state index in [4.69, 9.17) is 5.11 Å². The molecule has 2 aromatic rings. The van der Waals surface area contributed by atoms with E-state index >= 15 is 0 Å². The third-order valence-electron chi connectivity index (χ3n) is 2.61. The van der Waals surface area contributed by atoms with Crippen LogP contribution in [0.2, 0.25) is 0 Å². The zero-order valence-corrected chi connectivity index (χ0v) is 10.2. The van der Waals surface area contributed by atoms with Crippen LogP contribution in [-0.2, 0) is 0 Å². The summed E-state index contributed by atoms with van der Waals surface area (Å²) in [6.45, 7) is 1.59. The molecule has 0 bridgehead atoms. The molecule has 2 rings (SSSR count). The number of amides is 1. The predicted molar refractivity (Wildman–Crippen MR) is 64.6 cm³/mol. The zero-order valence-electron chi connectivity index (χ0n) is 10.2. The monoisotopic (exact) mass is 281 g/mol. The quantitative estimate of drug-likeness (QED) is 0.801. The molecule has 1 amide bonds. The van der Waals surface area contributed by atoms with E-state index in [0.717, 1.165) is 6.07 Å². The second-order valence-corrected chi connectivity index (χ2v) is 3.98. The topological polar surface area (TPSA) is 95.1 Å². The number of halogens is 2. The first kappa shape index (κ1) is 13.7. The van der Waals surface area contributed by atoms with Crippen LogP contribution in [0.5, 0.6) is 0 Å². The van der Waals surface area contributed by atoms with Crippen LogP contribution in [0.3, 0.4) is 0 Å². The van der Waals surface area contributed by atoms with Gasteiger partial charge in [0.15, 0.2) is 0 Å². The van der Waals surface area contributed by atoms with E-state index in [9.17, 15) is 18.4 Å². The van der Waals surface area contributed by atoms with Gasteiger partial charge in [0.05, 0.1) is 23.0 Å². The Morgan fingerprint density at radius 3 is 2.50 bits per heavy atom. The lowest BCUT2D eigenvalue weighted by atomic mass is 10.1. The van der Waals surface area contributed by atoms with Gasteiger partial charge in [-0.05, 0) is 13.0 Å². The van der Waals surface area contributed by atoms with Crippen molar-refractivity contribution in [3.8, 4) is 0 Å². The second kappa shape index (κ2) is 5.08.